The second kappa shape index (κ2) is 9.37. The molecule has 2 aromatic heterocycles. The van der Waals surface area contributed by atoms with Gasteiger partial charge in [-0.25, -0.2) is 9.97 Å². The Morgan fingerprint density at radius 3 is 2.21 bits per heavy atom. The molecule has 8 rings (SSSR count). The van der Waals surface area contributed by atoms with Crippen molar-refractivity contribution in [3.05, 3.63) is 150 Å². The van der Waals surface area contributed by atoms with Gasteiger partial charge < -0.3 is 0 Å². The molecular formula is C40H31N3. The smallest absolute Gasteiger partial charge is 0.235 e. The highest BCUT2D eigenvalue weighted by atomic mass is 15.2. The molecule has 0 fully saturated rings. The molecule has 0 unspecified atom stereocenters. The van der Waals surface area contributed by atoms with E-state index in [2.05, 4.69) is 147 Å². The van der Waals surface area contributed by atoms with E-state index in [0.717, 1.165) is 33.2 Å². The second-order valence-electron chi connectivity index (χ2n) is 11.9. The number of fused-ring (bicyclic) bond motifs is 6. The number of aromatic nitrogens is 3. The van der Waals surface area contributed by atoms with Gasteiger partial charge in [0, 0.05) is 21.6 Å². The van der Waals surface area contributed by atoms with Gasteiger partial charge in [0.15, 0.2) is 0 Å². The van der Waals surface area contributed by atoms with Gasteiger partial charge in [-0.1, -0.05) is 118 Å². The number of allylic oxidation sites excluding steroid dienone is 5. The lowest BCUT2D eigenvalue weighted by atomic mass is 9.79. The molecule has 0 saturated carbocycles. The highest BCUT2D eigenvalue weighted by Crippen LogP contribution is 2.52. The average Bonchev–Trinajstić information content (AvgIpc) is 3.47. The van der Waals surface area contributed by atoms with Crippen molar-refractivity contribution in [1.82, 2.24) is 14.5 Å². The van der Waals surface area contributed by atoms with Crippen molar-refractivity contribution in [2.45, 2.75) is 26.2 Å². The third-order valence-electron chi connectivity index (χ3n) is 9.13. The van der Waals surface area contributed by atoms with Gasteiger partial charge in [-0.3, -0.25) is 4.57 Å². The third-order valence-corrected chi connectivity index (χ3v) is 9.13. The topological polar surface area (TPSA) is 30.7 Å². The van der Waals surface area contributed by atoms with E-state index in [9.17, 15) is 0 Å². The Kier molecular flexibility index (Phi) is 5.54. The number of hydrogen-bond acceptors (Lipinski definition) is 2. The minimum Gasteiger partial charge on any atom is -0.278 e. The van der Waals surface area contributed by atoms with E-state index in [0.29, 0.717) is 5.95 Å². The maximum atomic E-state index is 5.43. The molecule has 0 amide bonds. The average molecular weight is 554 g/mol. The normalized spacial score (nSPS) is 16.4. The molecule has 2 heterocycles. The molecule has 3 heteroatoms. The Bertz CT molecular complexity index is 2350. The summed E-state index contributed by atoms with van der Waals surface area (Å²) in [5.41, 5.74) is 10.1. The van der Waals surface area contributed by atoms with Crippen LogP contribution >= 0.6 is 0 Å². The van der Waals surface area contributed by atoms with Crippen LogP contribution in [0.3, 0.4) is 0 Å². The predicted molar refractivity (Wildman–Crippen MR) is 182 cm³/mol. The van der Waals surface area contributed by atoms with Gasteiger partial charge in [0.25, 0.3) is 0 Å². The molecule has 0 aliphatic heterocycles. The van der Waals surface area contributed by atoms with Crippen molar-refractivity contribution in [3.8, 4) is 5.95 Å². The Morgan fingerprint density at radius 1 is 0.721 bits per heavy atom. The quantitative estimate of drug-likeness (QED) is 0.218. The van der Waals surface area contributed by atoms with Crippen LogP contribution in [-0.4, -0.2) is 14.5 Å². The summed E-state index contributed by atoms with van der Waals surface area (Å²) in [7, 11) is 0. The number of hydrogen-bond donors (Lipinski definition) is 0. The van der Waals surface area contributed by atoms with E-state index in [1.54, 1.807) is 0 Å². The molecule has 5 aromatic carbocycles. The van der Waals surface area contributed by atoms with Crippen molar-refractivity contribution in [3.63, 3.8) is 0 Å². The van der Waals surface area contributed by atoms with E-state index in [4.69, 9.17) is 9.97 Å². The van der Waals surface area contributed by atoms with Crippen LogP contribution in [0.2, 0.25) is 0 Å². The van der Waals surface area contributed by atoms with Crippen molar-refractivity contribution in [2.75, 3.05) is 0 Å². The Balaban J connectivity index is 1.47. The molecule has 0 radical (unpaired) electrons. The lowest BCUT2D eigenvalue weighted by Gasteiger charge is -2.25. The highest BCUT2D eigenvalue weighted by molar-refractivity contribution is 6.13. The van der Waals surface area contributed by atoms with E-state index in [1.165, 1.54) is 43.8 Å². The van der Waals surface area contributed by atoms with Gasteiger partial charge in [0.1, 0.15) is 0 Å². The molecule has 0 bridgehead atoms. The molecule has 7 aromatic rings. The lowest BCUT2D eigenvalue weighted by molar-refractivity contribution is 0.662. The van der Waals surface area contributed by atoms with E-state index in [1.807, 2.05) is 6.08 Å². The van der Waals surface area contributed by atoms with Gasteiger partial charge in [-0.05, 0) is 69.8 Å². The van der Waals surface area contributed by atoms with Crippen LogP contribution < -0.4 is 0 Å². The summed E-state index contributed by atoms with van der Waals surface area (Å²) in [4.78, 5) is 10.6. The highest BCUT2D eigenvalue weighted by Gasteiger charge is 2.39. The number of nitrogens with zero attached hydrogens (tertiary/aromatic N) is 3. The maximum absolute atomic E-state index is 5.43. The van der Waals surface area contributed by atoms with E-state index >= 15 is 0 Å². The number of benzene rings is 5. The Hall–Kier alpha value is -5.28. The Labute approximate surface area is 251 Å². The zero-order valence-electron chi connectivity index (χ0n) is 24.6. The monoisotopic (exact) mass is 553 g/mol. The summed E-state index contributed by atoms with van der Waals surface area (Å²) in [6.07, 6.45) is 4.04. The van der Waals surface area contributed by atoms with Crippen LogP contribution in [0.4, 0.5) is 0 Å². The van der Waals surface area contributed by atoms with Crippen molar-refractivity contribution in [1.29, 1.82) is 0 Å². The molecule has 1 aliphatic carbocycles. The third kappa shape index (κ3) is 3.68. The largest absolute Gasteiger partial charge is 0.278 e. The minimum absolute atomic E-state index is 0.201. The summed E-state index contributed by atoms with van der Waals surface area (Å²) < 4.78 is 2.24. The molecule has 0 atom stereocenters. The fourth-order valence-electron chi connectivity index (χ4n) is 7.27. The maximum Gasteiger partial charge on any atom is 0.235 e. The summed E-state index contributed by atoms with van der Waals surface area (Å²) in [6, 6.07) is 38.8. The summed E-state index contributed by atoms with van der Waals surface area (Å²) >= 11 is 0. The van der Waals surface area contributed by atoms with Gasteiger partial charge in [-0.2, -0.15) is 0 Å². The summed E-state index contributed by atoms with van der Waals surface area (Å²) in [5.74, 6) is 0.678. The lowest BCUT2D eigenvalue weighted by Crippen LogP contribution is -2.17. The fraction of sp³-hybridized carbons (Fsp3) is 0.100. The predicted octanol–water partition coefficient (Wildman–Crippen LogP) is 10.2. The summed E-state index contributed by atoms with van der Waals surface area (Å²) in [6.45, 7) is 10.9. The molecule has 0 saturated heterocycles. The minimum atomic E-state index is -0.201. The zero-order valence-corrected chi connectivity index (χ0v) is 24.6. The SMILES string of the molecule is C=CC=C1/C(=C(\C)c2nc(-n3c4ccccc4c4cc5ccccc5cc43)nc3ccccc23)C(C)(C)c2ccccc21. The van der Waals surface area contributed by atoms with Gasteiger partial charge >= 0.3 is 0 Å². The van der Waals surface area contributed by atoms with Gasteiger partial charge in [0.05, 0.1) is 22.2 Å². The van der Waals surface area contributed by atoms with Crippen molar-refractivity contribution < 1.29 is 0 Å². The molecular weight excluding hydrogens is 522 g/mol. The Morgan fingerprint density at radius 2 is 1.40 bits per heavy atom. The number of para-hydroxylation sites is 2. The number of rotatable bonds is 3. The fourth-order valence-corrected chi connectivity index (χ4v) is 7.27. The van der Waals surface area contributed by atoms with Crippen LogP contribution in [0.1, 0.15) is 37.6 Å². The van der Waals surface area contributed by atoms with Crippen molar-refractivity contribution in [2.24, 2.45) is 0 Å². The van der Waals surface area contributed by atoms with Crippen LogP contribution in [-0.2, 0) is 5.41 Å². The standard InChI is InChI=1S/C40H31N3/c1-5-14-30-28-17-8-11-20-33(28)40(3,4)37(30)25(2)38-31-19-9-12-21-34(31)41-39(42-38)43-35-22-13-10-18-29(35)32-23-26-15-6-7-16-27(26)24-36(32)43/h5-24H,1H2,2-4H3/b30-14?,37-25-. The zero-order chi connectivity index (χ0) is 29.3. The van der Waals surface area contributed by atoms with Gasteiger partial charge in [-0.15, -0.1) is 0 Å². The van der Waals surface area contributed by atoms with Crippen LogP contribution in [0.5, 0.6) is 0 Å². The molecule has 3 nitrogen and oxygen atoms in total. The van der Waals surface area contributed by atoms with Crippen LogP contribution in [0.25, 0.3) is 60.6 Å². The van der Waals surface area contributed by atoms with Crippen LogP contribution in [0.15, 0.2) is 133 Å². The first kappa shape index (κ1) is 25.4. The van der Waals surface area contributed by atoms with Gasteiger partial charge in [0.2, 0.25) is 5.95 Å². The van der Waals surface area contributed by atoms with Crippen molar-refractivity contribution >= 4 is 54.6 Å². The molecule has 0 spiro atoms. The molecule has 1 aliphatic rings. The first-order valence-electron chi connectivity index (χ1n) is 14.8. The van der Waals surface area contributed by atoms with Crippen LogP contribution in [0, 0.1) is 0 Å². The molecule has 43 heavy (non-hydrogen) atoms. The first-order valence-corrected chi connectivity index (χ1v) is 14.8. The summed E-state index contributed by atoms with van der Waals surface area (Å²) in [5, 5.41) is 5.87. The second-order valence-corrected chi connectivity index (χ2v) is 11.9. The molecule has 0 N–H and O–H groups in total. The van der Waals surface area contributed by atoms with E-state index in [-0.39, 0.29) is 5.41 Å². The first-order chi connectivity index (χ1) is 21.0. The van der Waals surface area contributed by atoms with E-state index < -0.39 is 0 Å². The molecule has 206 valence electrons.